The molecule has 0 bridgehead atoms. The van der Waals surface area contributed by atoms with Crippen LogP contribution in [0.1, 0.15) is 47.1 Å². The molecule has 0 fully saturated rings. The summed E-state index contributed by atoms with van der Waals surface area (Å²) in [6, 6.07) is 8.79. The second-order valence-corrected chi connectivity index (χ2v) is 6.28. The summed E-state index contributed by atoms with van der Waals surface area (Å²) in [6.45, 7) is 14.0. The largest absolute Gasteiger partial charge is 0.491 e. The van der Waals surface area contributed by atoms with Crippen molar-refractivity contribution in [2.45, 2.75) is 60.2 Å². The Morgan fingerprint density at radius 2 is 1.83 bits per heavy atom. The van der Waals surface area contributed by atoms with E-state index in [4.69, 9.17) is 4.74 Å². The summed E-state index contributed by atoms with van der Waals surface area (Å²) in [4.78, 5) is 0. The summed E-state index contributed by atoms with van der Waals surface area (Å²) in [5, 5.41) is 3.56. The summed E-state index contributed by atoms with van der Waals surface area (Å²) in [7, 11) is 0. The van der Waals surface area contributed by atoms with Crippen molar-refractivity contribution in [2.75, 3.05) is 0 Å². The molecule has 0 aliphatic carbocycles. The molecule has 102 valence electrons. The van der Waals surface area contributed by atoms with E-state index in [1.807, 2.05) is 19.9 Å². The highest BCUT2D eigenvalue weighted by atomic mass is 16.5. The molecule has 2 nitrogen and oxygen atoms in total. The zero-order valence-electron chi connectivity index (χ0n) is 12.6. The normalized spacial score (nSPS) is 13.7. The molecule has 1 aromatic rings. The van der Waals surface area contributed by atoms with Crippen LogP contribution in [0.4, 0.5) is 0 Å². The molecule has 0 saturated heterocycles. The van der Waals surface area contributed by atoms with Crippen molar-refractivity contribution < 1.29 is 4.74 Å². The van der Waals surface area contributed by atoms with Crippen LogP contribution in [-0.4, -0.2) is 12.1 Å². The van der Waals surface area contributed by atoms with Gasteiger partial charge in [0.2, 0.25) is 0 Å². The summed E-state index contributed by atoms with van der Waals surface area (Å²) in [5.41, 5.74) is 1.55. The van der Waals surface area contributed by atoms with Gasteiger partial charge < -0.3 is 10.1 Å². The minimum absolute atomic E-state index is 0.224. The summed E-state index contributed by atoms with van der Waals surface area (Å²) in [6.07, 6.45) is 0.224. The van der Waals surface area contributed by atoms with E-state index in [1.54, 1.807) is 0 Å². The molecule has 0 heterocycles. The first-order valence-electron chi connectivity index (χ1n) is 6.78. The topological polar surface area (TPSA) is 21.3 Å². The van der Waals surface area contributed by atoms with E-state index in [0.717, 1.165) is 12.3 Å². The Kier molecular flexibility index (Phi) is 5.21. The Balaban J connectivity index is 2.57. The van der Waals surface area contributed by atoms with E-state index in [1.165, 1.54) is 5.56 Å². The maximum Gasteiger partial charge on any atom is 0.120 e. The van der Waals surface area contributed by atoms with Gasteiger partial charge in [0.05, 0.1) is 6.10 Å². The molecule has 1 atom stereocenters. The second-order valence-electron chi connectivity index (χ2n) is 6.28. The van der Waals surface area contributed by atoms with Gasteiger partial charge in [-0.15, -0.1) is 0 Å². The number of hydrogen-bond donors (Lipinski definition) is 1. The van der Waals surface area contributed by atoms with Gasteiger partial charge in [-0.05, 0) is 43.9 Å². The third kappa shape index (κ3) is 5.09. The van der Waals surface area contributed by atoms with Crippen LogP contribution in [-0.2, 0) is 6.54 Å². The molecule has 18 heavy (non-hydrogen) atoms. The number of rotatable bonds is 5. The lowest BCUT2D eigenvalue weighted by Gasteiger charge is -2.28. The van der Waals surface area contributed by atoms with Gasteiger partial charge in [0.15, 0.2) is 0 Å². The fourth-order valence-electron chi connectivity index (χ4n) is 1.58. The quantitative estimate of drug-likeness (QED) is 0.851. The lowest BCUT2D eigenvalue weighted by Crippen LogP contribution is -2.37. The molecule has 0 radical (unpaired) electrons. The average Bonchev–Trinajstić information content (AvgIpc) is 2.24. The van der Waals surface area contributed by atoms with E-state index in [0.29, 0.717) is 6.04 Å². The van der Waals surface area contributed by atoms with Gasteiger partial charge in [0.25, 0.3) is 0 Å². The third-order valence-corrected chi connectivity index (χ3v) is 3.18. The Morgan fingerprint density at radius 3 is 2.39 bits per heavy atom. The Bertz CT molecular complexity index is 366. The number of ether oxygens (including phenoxy) is 1. The molecule has 0 aliphatic heterocycles. The highest BCUT2D eigenvalue weighted by molar-refractivity contribution is 5.28. The first-order valence-corrected chi connectivity index (χ1v) is 6.78. The van der Waals surface area contributed by atoms with Crippen molar-refractivity contribution >= 4 is 0 Å². The minimum atomic E-state index is 0.224. The van der Waals surface area contributed by atoms with Crippen LogP contribution in [0, 0.1) is 5.41 Å². The number of nitrogens with one attached hydrogen (secondary N) is 1. The second kappa shape index (κ2) is 6.24. The van der Waals surface area contributed by atoms with E-state index in [2.05, 4.69) is 51.2 Å². The van der Waals surface area contributed by atoms with Gasteiger partial charge in [-0.2, -0.15) is 0 Å². The first kappa shape index (κ1) is 15.0. The van der Waals surface area contributed by atoms with Gasteiger partial charge in [0, 0.05) is 12.6 Å². The van der Waals surface area contributed by atoms with Crippen LogP contribution < -0.4 is 10.1 Å². The zero-order valence-corrected chi connectivity index (χ0v) is 12.6. The van der Waals surface area contributed by atoms with E-state index >= 15 is 0 Å². The van der Waals surface area contributed by atoms with Crippen molar-refractivity contribution in [3.05, 3.63) is 29.8 Å². The Hall–Kier alpha value is -1.02. The van der Waals surface area contributed by atoms with Crippen molar-refractivity contribution in [2.24, 2.45) is 5.41 Å². The standard InChI is InChI=1S/C16H27NO/c1-12(2)18-15-9-7-8-14(10-15)11-17-13(3)16(4,5)6/h7-10,12-13,17H,11H2,1-6H3. The molecular weight excluding hydrogens is 222 g/mol. The van der Waals surface area contributed by atoms with Crippen LogP contribution in [0.3, 0.4) is 0 Å². The molecule has 1 N–H and O–H groups in total. The molecule has 0 amide bonds. The van der Waals surface area contributed by atoms with Crippen LogP contribution in [0.25, 0.3) is 0 Å². The van der Waals surface area contributed by atoms with Crippen molar-refractivity contribution in [1.29, 1.82) is 0 Å². The molecule has 2 heteroatoms. The molecule has 1 aromatic carbocycles. The molecule has 0 saturated carbocycles. The minimum Gasteiger partial charge on any atom is -0.491 e. The molecular formula is C16H27NO. The maximum absolute atomic E-state index is 5.70. The fraction of sp³-hybridized carbons (Fsp3) is 0.625. The van der Waals surface area contributed by atoms with Gasteiger partial charge >= 0.3 is 0 Å². The SMILES string of the molecule is CC(C)Oc1cccc(CNC(C)C(C)(C)C)c1. The molecule has 0 spiro atoms. The van der Waals surface area contributed by atoms with Crippen LogP contribution >= 0.6 is 0 Å². The van der Waals surface area contributed by atoms with Gasteiger partial charge in [-0.1, -0.05) is 32.9 Å². The number of hydrogen-bond acceptors (Lipinski definition) is 2. The smallest absolute Gasteiger partial charge is 0.120 e. The Labute approximate surface area is 112 Å². The average molecular weight is 249 g/mol. The maximum atomic E-state index is 5.70. The lowest BCUT2D eigenvalue weighted by atomic mass is 9.88. The van der Waals surface area contributed by atoms with Crippen LogP contribution in [0.15, 0.2) is 24.3 Å². The highest BCUT2D eigenvalue weighted by Gasteiger charge is 2.18. The summed E-state index contributed by atoms with van der Waals surface area (Å²) in [5.74, 6) is 0.952. The van der Waals surface area contributed by atoms with E-state index in [-0.39, 0.29) is 11.5 Å². The van der Waals surface area contributed by atoms with Crippen molar-refractivity contribution in [3.63, 3.8) is 0 Å². The van der Waals surface area contributed by atoms with Gasteiger partial charge in [0.1, 0.15) is 5.75 Å². The van der Waals surface area contributed by atoms with Crippen LogP contribution in [0.2, 0.25) is 0 Å². The fourth-order valence-corrected chi connectivity index (χ4v) is 1.58. The number of benzene rings is 1. The van der Waals surface area contributed by atoms with E-state index < -0.39 is 0 Å². The van der Waals surface area contributed by atoms with Crippen molar-refractivity contribution in [3.8, 4) is 5.75 Å². The van der Waals surface area contributed by atoms with Gasteiger partial charge in [-0.3, -0.25) is 0 Å². The Morgan fingerprint density at radius 1 is 1.17 bits per heavy atom. The molecule has 1 unspecified atom stereocenters. The molecule has 0 aromatic heterocycles. The zero-order chi connectivity index (χ0) is 13.8. The lowest BCUT2D eigenvalue weighted by molar-refractivity contribution is 0.242. The monoisotopic (exact) mass is 249 g/mol. The molecule has 0 aliphatic rings. The third-order valence-electron chi connectivity index (χ3n) is 3.18. The summed E-state index contributed by atoms with van der Waals surface area (Å²) >= 11 is 0. The van der Waals surface area contributed by atoms with Crippen LogP contribution in [0.5, 0.6) is 5.75 Å². The predicted octanol–water partition coefficient (Wildman–Crippen LogP) is 4.00. The van der Waals surface area contributed by atoms with E-state index in [9.17, 15) is 0 Å². The predicted molar refractivity (Wildman–Crippen MR) is 78.0 cm³/mol. The van der Waals surface area contributed by atoms with Crippen molar-refractivity contribution in [1.82, 2.24) is 5.32 Å². The highest BCUT2D eigenvalue weighted by Crippen LogP contribution is 2.20. The molecule has 1 rings (SSSR count). The summed E-state index contributed by atoms with van der Waals surface area (Å²) < 4.78 is 5.70. The first-order chi connectivity index (χ1) is 8.29. The van der Waals surface area contributed by atoms with Gasteiger partial charge in [-0.25, -0.2) is 0 Å².